The Morgan fingerprint density at radius 2 is 1.63 bits per heavy atom. The molecule has 0 heterocycles. The maximum atomic E-state index is 12.4. The number of nitrogens with zero attached hydrogens (tertiary/aromatic N) is 1. The lowest BCUT2D eigenvalue weighted by molar-refractivity contribution is 0.0931. The molecule has 1 aliphatic rings. The van der Waals surface area contributed by atoms with Crippen LogP contribution in [0.3, 0.4) is 0 Å². The first kappa shape index (κ1) is 13.2. The van der Waals surface area contributed by atoms with E-state index in [-0.39, 0.29) is 5.78 Å². The molecule has 1 aromatic carbocycles. The maximum Gasteiger partial charge on any atom is 0.186 e. The maximum absolute atomic E-state index is 12.4. The number of hydrogen-bond donors (Lipinski definition) is 0. The van der Waals surface area contributed by atoms with Gasteiger partial charge in [0.1, 0.15) is 11.2 Å². The molecule has 0 unspecified atom stereocenters. The van der Waals surface area contributed by atoms with Crippen LogP contribution in [-0.2, 0) is 0 Å². The van der Waals surface area contributed by atoms with Crippen molar-refractivity contribution < 1.29 is 19.0 Å². The number of nitriles is 1. The van der Waals surface area contributed by atoms with Gasteiger partial charge in [-0.25, -0.2) is 0 Å². The third-order valence-electron chi connectivity index (χ3n) is 3.35. The molecule has 1 saturated carbocycles. The zero-order valence-electron chi connectivity index (χ0n) is 11.1. The summed E-state index contributed by atoms with van der Waals surface area (Å²) >= 11 is 0. The van der Waals surface area contributed by atoms with E-state index in [1.165, 1.54) is 21.3 Å². The predicted octanol–water partition coefficient (Wildman–Crippen LogP) is 2.20. The third kappa shape index (κ3) is 2.10. The molecule has 1 aromatic rings. The van der Waals surface area contributed by atoms with E-state index in [4.69, 9.17) is 19.5 Å². The molecule has 19 heavy (non-hydrogen) atoms. The van der Waals surface area contributed by atoms with Gasteiger partial charge >= 0.3 is 0 Å². The van der Waals surface area contributed by atoms with Crippen LogP contribution >= 0.6 is 0 Å². The van der Waals surface area contributed by atoms with Crippen molar-refractivity contribution in [2.75, 3.05) is 21.3 Å². The van der Waals surface area contributed by atoms with Crippen LogP contribution in [0.4, 0.5) is 0 Å². The highest BCUT2D eigenvalue weighted by Crippen LogP contribution is 2.49. The SMILES string of the molecule is COc1cc(OC)c(C(=O)C2(C#N)CC2)cc1OC. The van der Waals surface area contributed by atoms with E-state index in [0.717, 1.165) is 0 Å². The number of rotatable bonds is 5. The second-order valence-electron chi connectivity index (χ2n) is 4.43. The van der Waals surface area contributed by atoms with E-state index in [1.54, 1.807) is 12.1 Å². The predicted molar refractivity (Wildman–Crippen MR) is 67.7 cm³/mol. The van der Waals surface area contributed by atoms with Gasteiger partial charge in [0, 0.05) is 6.07 Å². The van der Waals surface area contributed by atoms with Crippen molar-refractivity contribution in [3.8, 4) is 23.3 Å². The van der Waals surface area contributed by atoms with E-state index in [0.29, 0.717) is 35.7 Å². The second kappa shape index (κ2) is 4.81. The molecule has 0 N–H and O–H groups in total. The summed E-state index contributed by atoms with van der Waals surface area (Å²) < 4.78 is 15.5. The van der Waals surface area contributed by atoms with Gasteiger partial charge in [-0.15, -0.1) is 0 Å². The van der Waals surface area contributed by atoms with Crippen LogP contribution in [0.25, 0.3) is 0 Å². The van der Waals surface area contributed by atoms with E-state index in [2.05, 4.69) is 6.07 Å². The Kier molecular flexibility index (Phi) is 3.34. The van der Waals surface area contributed by atoms with Gasteiger partial charge in [0.05, 0.1) is 33.0 Å². The first-order chi connectivity index (χ1) is 9.11. The molecule has 2 rings (SSSR count). The first-order valence-electron chi connectivity index (χ1n) is 5.88. The number of carbonyl (C=O) groups is 1. The molecule has 1 aliphatic carbocycles. The summed E-state index contributed by atoms with van der Waals surface area (Å²) in [7, 11) is 4.48. The molecule has 5 nitrogen and oxygen atoms in total. The molecule has 0 atom stereocenters. The lowest BCUT2D eigenvalue weighted by Crippen LogP contribution is -2.15. The van der Waals surface area contributed by atoms with Crippen molar-refractivity contribution in [3.05, 3.63) is 17.7 Å². The van der Waals surface area contributed by atoms with Crippen LogP contribution in [-0.4, -0.2) is 27.1 Å². The minimum absolute atomic E-state index is 0.215. The fourth-order valence-corrected chi connectivity index (χ4v) is 1.98. The number of hydrogen-bond acceptors (Lipinski definition) is 5. The molecule has 0 spiro atoms. The molecule has 0 aliphatic heterocycles. The van der Waals surface area contributed by atoms with Crippen LogP contribution < -0.4 is 14.2 Å². The van der Waals surface area contributed by atoms with Gasteiger partial charge < -0.3 is 14.2 Å². The van der Waals surface area contributed by atoms with E-state index >= 15 is 0 Å². The molecular formula is C14H15NO4. The van der Waals surface area contributed by atoms with Crippen LogP contribution in [0.2, 0.25) is 0 Å². The van der Waals surface area contributed by atoms with Gasteiger partial charge in [0.2, 0.25) is 0 Å². The Labute approximate surface area is 111 Å². The quantitative estimate of drug-likeness (QED) is 0.760. The molecular weight excluding hydrogens is 246 g/mol. The number of ether oxygens (including phenoxy) is 3. The molecule has 0 saturated heterocycles. The minimum Gasteiger partial charge on any atom is -0.496 e. The number of carbonyl (C=O) groups excluding carboxylic acids is 1. The average molecular weight is 261 g/mol. The summed E-state index contributed by atoms with van der Waals surface area (Å²) in [5.74, 6) is 1.11. The number of methoxy groups -OCH3 is 3. The monoisotopic (exact) mass is 261 g/mol. The van der Waals surface area contributed by atoms with Crippen molar-refractivity contribution in [2.24, 2.45) is 5.41 Å². The highest BCUT2D eigenvalue weighted by atomic mass is 16.5. The largest absolute Gasteiger partial charge is 0.496 e. The van der Waals surface area contributed by atoms with Crippen LogP contribution in [0.5, 0.6) is 17.2 Å². The number of ketones is 1. The van der Waals surface area contributed by atoms with Gasteiger partial charge in [0.15, 0.2) is 17.3 Å². The van der Waals surface area contributed by atoms with Crippen molar-refractivity contribution in [3.63, 3.8) is 0 Å². The van der Waals surface area contributed by atoms with Crippen molar-refractivity contribution >= 4 is 5.78 Å². The van der Waals surface area contributed by atoms with E-state index in [1.807, 2.05) is 0 Å². The molecule has 0 aromatic heterocycles. The summed E-state index contributed by atoms with van der Waals surface area (Å²) in [5.41, 5.74) is -0.522. The average Bonchev–Trinajstić information content (AvgIpc) is 3.26. The highest BCUT2D eigenvalue weighted by Gasteiger charge is 2.51. The molecule has 0 amide bonds. The third-order valence-corrected chi connectivity index (χ3v) is 3.35. The smallest absolute Gasteiger partial charge is 0.186 e. The zero-order valence-corrected chi connectivity index (χ0v) is 11.1. The Morgan fingerprint density at radius 1 is 1.11 bits per heavy atom. The number of Topliss-reactive ketones (excluding diaryl/α,β-unsaturated/α-hetero) is 1. The Balaban J connectivity index is 2.50. The summed E-state index contributed by atoms with van der Waals surface area (Å²) in [4.78, 5) is 12.4. The lowest BCUT2D eigenvalue weighted by atomic mass is 9.95. The summed E-state index contributed by atoms with van der Waals surface area (Å²) in [6.07, 6.45) is 1.19. The van der Waals surface area contributed by atoms with Gasteiger partial charge in [0.25, 0.3) is 0 Å². The highest BCUT2D eigenvalue weighted by molar-refractivity contribution is 6.06. The van der Waals surface area contributed by atoms with Crippen molar-refractivity contribution in [1.29, 1.82) is 5.26 Å². The molecule has 1 fully saturated rings. The normalized spacial score (nSPS) is 15.3. The van der Waals surface area contributed by atoms with Crippen LogP contribution in [0.15, 0.2) is 12.1 Å². The van der Waals surface area contributed by atoms with Crippen molar-refractivity contribution in [1.82, 2.24) is 0 Å². The second-order valence-corrected chi connectivity index (χ2v) is 4.43. The standard InChI is InChI=1S/C14H15NO4/c1-17-10-7-12(19-3)11(18-2)6-9(10)13(16)14(8-15)4-5-14/h6-7H,4-5H2,1-3H3. The van der Waals surface area contributed by atoms with Crippen LogP contribution in [0.1, 0.15) is 23.2 Å². The fraction of sp³-hybridized carbons (Fsp3) is 0.429. The topological polar surface area (TPSA) is 68.5 Å². The Hall–Kier alpha value is -2.22. The number of benzene rings is 1. The van der Waals surface area contributed by atoms with E-state index < -0.39 is 5.41 Å². The summed E-state index contributed by atoms with van der Waals surface area (Å²) in [6, 6.07) is 5.25. The van der Waals surface area contributed by atoms with Gasteiger partial charge in [-0.2, -0.15) is 5.26 Å². The molecule has 5 heteroatoms. The van der Waals surface area contributed by atoms with Crippen LogP contribution in [0, 0.1) is 16.7 Å². The minimum atomic E-state index is -0.882. The molecule has 100 valence electrons. The molecule has 0 bridgehead atoms. The van der Waals surface area contributed by atoms with Gasteiger partial charge in [-0.3, -0.25) is 4.79 Å². The van der Waals surface area contributed by atoms with Gasteiger partial charge in [-0.1, -0.05) is 0 Å². The lowest BCUT2D eigenvalue weighted by Gasteiger charge is -2.14. The van der Waals surface area contributed by atoms with E-state index in [9.17, 15) is 4.79 Å². The Bertz CT molecular complexity index is 555. The summed E-state index contributed by atoms with van der Waals surface area (Å²) in [5, 5.41) is 9.11. The van der Waals surface area contributed by atoms with Crippen molar-refractivity contribution in [2.45, 2.75) is 12.8 Å². The first-order valence-corrected chi connectivity index (χ1v) is 5.88. The summed E-state index contributed by atoms with van der Waals surface area (Å²) in [6.45, 7) is 0. The molecule has 0 radical (unpaired) electrons. The fourth-order valence-electron chi connectivity index (χ4n) is 1.98. The Morgan fingerprint density at radius 3 is 2.05 bits per heavy atom. The zero-order chi connectivity index (χ0) is 14.0. The van der Waals surface area contributed by atoms with Gasteiger partial charge in [-0.05, 0) is 18.9 Å².